The molecule has 0 amide bonds. The van der Waals surface area contributed by atoms with E-state index >= 15 is 0 Å². The number of rotatable bonds is 5. The third-order valence-electron chi connectivity index (χ3n) is 4.42. The highest BCUT2D eigenvalue weighted by Gasteiger charge is 2.53. The minimum absolute atomic E-state index is 0.100. The van der Waals surface area contributed by atoms with Crippen molar-refractivity contribution >= 4 is 29.1 Å². The number of carbonyl (C=O) groups is 3. The van der Waals surface area contributed by atoms with E-state index in [0.29, 0.717) is 0 Å². The van der Waals surface area contributed by atoms with E-state index in [1.807, 2.05) is 0 Å². The van der Waals surface area contributed by atoms with Gasteiger partial charge in [-0.25, -0.2) is 9.36 Å². The molecule has 1 fully saturated rings. The molecule has 0 radical (unpaired) electrons. The average Bonchev–Trinajstić information content (AvgIpc) is 3.10. The summed E-state index contributed by atoms with van der Waals surface area (Å²) in [6.45, 7) is 3.27. The summed E-state index contributed by atoms with van der Waals surface area (Å²) < 4.78 is 24.4. The van der Waals surface area contributed by atoms with Gasteiger partial charge >= 0.3 is 29.2 Å². The second kappa shape index (κ2) is 8.10. The number of aryl methyl sites for hydroxylation is 1. The average molecular weight is 425 g/mol. The molecule has 2 aromatic rings. The molecule has 1 saturated heterocycles. The number of nitrogens with one attached hydrogen (secondary N) is 2. The zero-order valence-corrected chi connectivity index (χ0v) is 16.7. The number of esters is 3. The minimum Gasteiger partial charge on any atom is -0.463 e. The van der Waals surface area contributed by atoms with Crippen LogP contribution >= 0.6 is 0 Å². The van der Waals surface area contributed by atoms with E-state index in [9.17, 15) is 24.0 Å². The van der Waals surface area contributed by atoms with Crippen LogP contribution in [-0.4, -0.2) is 57.4 Å². The van der Waals surface area contributed by atoms with E-state index in [1.54, 1.807) is 7.05 Å². The Bertz CT molecular complexity index is 1110. The molecular weight excluding hydrogens is 404 g/mol. The number of H-pyrrole nitrogens is 2. The highest BCUT2D eigenvalue weighted by Crippen LogP contribution is 2.35. The van der Waals surface area contributed by atoms with Crippen LogP contribution in [0.25, 0.3) is 11.2 Å². The summed E-state index contributed by atoms with van der Waals surface area (Å²) in [5, 5.41) is 0. The Morgan fingerprint density at radius 2 is 1.70 bits per heavy atom. The summed E-state index contributed by atoms with van der Waals surface area (Å²) >= 11 is 0. The van der Waals surface area contributed by atoms with E-state index in [0.717, 1.165) is 0 Å². The molecule has 0 bridgehead atoms. The van der Waals surface area contributed by atoms with Crippen molar-refractivity contribution in [3.63, 3.8) is 0 Å². The van der Waals surface area contributed by atoms with E-state index < -0.39 is 53.7 Å². The van der Waals surface area contributed by atoms with Gasteiger partial charge in [0.1, 0.15) is 12.7 Å². The van der Waals surface area contributed by atoms with Crippen LogP contribution in [0.2, 0.25) is 0 Å². The lowest BCUT2D eigenvalue weighted by molar-refractivity contribution is -0.646. The quantitative estimate of drug-likeness (QED) is 0.318. The highest BCUT2D eigenvalue weighted by molar-refractivity contribution is 5.68. The third-order valence-corrected chi connectivity index (χ3v) is 4.42. The first-order valence-corrected chi connectivity index (χ1v) is 8.94. The smallest absolute Gasteiger partial charge is 0.329 e. The van der Waals surface area contributed by atoms with Crippen LogP contribution in [0.3, 0.4) is 0 Å². The van der Waals surface area contributed by atoms with Gasteiger partial charge in [0, 0.05) is 20.8 Å². The predicted molar refractivity (Wildman–Crippen MR) is 96.0 cm³/mol. The normalized spacial score (nSPS) is 23.3. The van der Waals surface area contributed by atoms with Gasteiger partial charge in [-0.15, -0.1) is 0 Å². The van der Waals surface area contributed by atoms with Gasteiger partial charge in [-0.05, 0) is 0 Å². The largest absolute Gasteiger partial charge is 0.463 e. The summed E-state index contributed by atoms with van der Waals surface area (Å²) in [7, 11) is 1.57. The van der Waals surface area contributed by atoms with Crippen molar-refractivity contribution < 1.29 is 37.9 Å². The number of fused-ring (bicyclic) bond motifs is 1. The highest BCUT2D eigenvalue weighted by atomic mass is 16.7. The zero-order chi connectivity index (χ0) is 22.2. The molecule has 0 spiro atoms. The molecule has 0 saturated carbocycles. The molecule has 1 aliphatic rings. The minimum atomic E-state index is -1.15. The zero-order valence-electron chi connectivity index (χ0n) is 16.7. The first-order valence-electron chi connectivity index (χ1n) is 8.94. The lowest BCUT2D eigenvalue weighted by Crippen LogP contribution is -2.40. The Kier molecular flexibility index (Phi) is 5.73. The molecule has 2 aromatic heterocycles. The second-order valence-corrected chi connectivity index (χ2v) is 6.75. The first kappa shape index (κ1) is 21.2. The van der Waals surface area contributed by atoms with Gasteiger partial charge in [0.2, 0.25) is 18.7 Å². The van der Waals surface area contributed by atoms with Crippen LogP contribution < -0.4 is 15.8 Å². The van der Waals surface area contributed by atoms with Crippen molar-refractivity contribution in [3.05, 3.63) is 27.2 Å². The SMILES string of the molecule is CC(=O)OC[C@H]1O[C@@H](n2c[n+](C)c3c(=O)[nH]c(=O)[nH]c32)[C@H](OC(C)=O)[C@@H]1OC(C)=O. The standard InChI is InChI=1S/C17H20N4O9/c1-7(22)27-5-10-12(28-8(2)23)13(29-9(3)24)16(30-10)21-6-20(4)11-14(21)18-17(26)19-15(11)25/h6,10,12-13,16H,5H2,1-4H3,(H-,18,19,25,26)/p+1/t10-,12-,13-,16-/m1/s1. The fourth-order valence-electron chi connectivity index (χ4n) is 3.39. The number of hydrogen-bond acceptors (Lipinski definition) is 9. The Morgan fingerprint density at radius 3 is 2.30 bits per heavy atom. The summed E-state index contributed by atoms with van der Waals surface area (Å²) in [5.41, 5.74) is -1.15. The first-order chi connectivity index (χ1) is 14.1. The van der Waals surface area contributed by atoms with Crippen LogP contribution in [0.4, 0.5) is 0 Å². The second-order valence-electron chi connectivity index (χ2n) is 6.75. The number of nitrogens with zero attached hydrogens (tertiary/aromatic N) is 2. The van der Waals surface area contributed by atoms with Crippen LogP contribution in [-0.2, 0) is 40.4 Å². The van der Waals surface area contributed by atoms with Crippen LogP contribution in [0.1, 0.15) is 27.0 Å². The van der Waals surface area contributed by atoms with Gasteiger partial charge in [0.05, 0.1) is 7.05 Å². The van der Waals surface area contributed by atoms with Crippen LogP contribution in [0, 0.1) is 0 Å². The van der Waals surface area contributed by atoms with Crippen molar-refractivity contribution in [1.29, 1.82) is 0 Å². The molecule has 0 aromatic carbocycles. The molecular formula is C17H21N4O9+. The maximum atomic E-state index is 12.2. The molecule has 162 valence electrons. The molecule has 13 heteroatoms. The van der Waals surface area contributed by atoms with Crippen molar-refractivity contribution in [2.45, 2.75) is 45.3 Å². The van der Waals surface area contributed by atoms with Crippen molar-refractivity contribution in [2.24, 2.45) is 7.05 Å². The van der Waals surface area contributed by atoms with Crippen molar-refractivity contribution in [2.75, 3.05) is 6.61 Å². The lowest BCUT2D eigenvalue weighted by Gasteiger charge is -2.22. The predicted octanol–water partition coefficient (Wildman–Crippen LogP) is -1.83. The summed E-state index contributed by atoms with van der Waals surface area (Å²) in [5.74, 6) is -1.92. The number of ether oxygens (including phenoxy) is 4. The molecule has 0 unspecified atom stereocenters. The van der Waals surface area contributed by atoms with E-state index in [1.165, 1.54) is 36.2 Å². The number of hydrogen-bond donors (Lipinski definition) is 2. The number of carbonyl (C=O) groups excluding carboxylic acids is 3. The van der Waals surface area contributed by atoms with Gasteiger partial charge in [0.15, 0.2) is 6.10 Å². The van der Waals surface area contributed by atoms with E-state index in [-0.39, 0.29) is 17.8 Å². The van der Waals surface area contributed by atoms with Crippen molar-refractivity contribution in [3.8, 4) is 0 Å². The van der Waals surface area contributed by atoms with Crippen LogP contribution in [0.15, 0.2) is 15.9 Å². The van der Waals surface area contributed by atoms with E-state index in [2.05, 4.69) is 9.97 Å². The molecule has 13 nitrogen and oxygen atoms in total. The molecule has 0 aliphatic carbocycles. The van der Waals surface area contributed by atoms with Gasteiger partial charge in [-0.1, -0.05) is 0 Å². The summed E-state index contributed by atoms with van der Waals surface area (Å²) in [6.07, 6.45) is -2.86. The number of aromatic amines is 2. The topological polar surface area (TPSA) is 163 Å². The molecule has 4 atom stereocenters. The molecule has 1 aliphatic heterocycles. The van der Waals surface area contributed by atoms with Crippen molar-refractivity contribution in [1.82, 2.24) is 14.5 Å². The molecule has 3 rings (SSSR count). The maximum Gasteiger partial charge on any atom is 0.329 e. The molecule has 30 heavy (non-hydrogen) atoms. The van der Waals surface area contributed by atoms with Gasteiger partial charge in [-0.3, -0.25) is 29.1 Å². The van der Waals surface area contributed by atoms with Crippen LogP contribution in [0.5, 0.6) is 0 Å². The number of aromatic nitrogens is 4. The summed E-state index contributed by atoms with van der Waals surface area (Å²) in [4.78, 5) is 63.2. The maximum absolute atomic E-state index is 12.2. The van der Waals surface area contributed by atoms with Gasteiger partial charge < -0.3 is 18.9 Å². The summed E-state index contributed by atoms with van der Waals surface area (Å²) in [6, 6.07) is 0. The fourth-order valence-corrected chi connectivity index (χ4v) is 3.39. The lowest BCUT2D eigenvalue weighted by atomic mass is 10.1. The fraction of sp³-hybridized carbons (Fsp3) is 0.529. The Balaban J connectivity index is 2.11. The van der Waals surface area contributed by atoms with E-state index in [4.69, 9.17) is 18.9 Å². The Labute approximate surface area is 168 Å². The molecule has 3 heterocycles. The van der Waals surface area contributed by atoms with Gasteiger partial charge in [0.25, 0.3) is 11.2 Å². The van der Waals surface area contributed by atoms with Gasteiger partial charge in [-0.2, -0.15) is 4.57 Å². The Morgan fingerprint density at radius 1 is 1.07 bits per heavy atom. The monoisotopic (exact) mass is 425 g/mol. The molecule has 2 N–H and O–H groups in total. The third kappa shape index (κ3) is 4.10. The Hall–Kier alpha value is -3.48. The number of imidazole rings is 1.